The third kappa shape index (κ3) is 3.69. The summed E-state index contributed by atoms with van der Waals surface area (Å²) in [4.78, 5) is 4.66. The topological polar surface area (TPSA) is 36.3 Å². The van der Waals surface area contributed by atoms with E-state index in [0.29, 0.717) is 18.4 Å². The van der Waals surface area contributed by atoms with E-state index in [-0.39, 0.29) is 6.10 Å². The molecule has 2 rings (SSSR count). The van der Waals surface area contributed by atoms with E-state index >= 15 is 0 Å². The van der Waals surface area contributed by atoms with Crippen LogP contribution in [0.15, 0.2) is 18.2 Å². The Bertz CT molecular complexity index is 595. The van der Waals surface area contributed by atoms with Gasteiger partial charge in [-0.25, -0.2) is 4.98 Å². The van der Waals surface area contributed by atoms with Crippen molar-refractivity contribution in [3.63, 3.8) is 0 Å². The SMILES string of the molecule is COCC(C)Cn1c(CCl)nc2c(OC(C)C)cccc21. The largest absolute Gasteiger partial charge is 0.489 e. The number of halogens is 1. The molecule has 0 radical (unpaired) electrons. The van der Waals surface area contributed by atoms with E-state index in [1.54, 1.807) is 7.11 Å². The van der Waals surface area contributed by atoms with Crippen LogP contribution >= 0.6 is 11.6 Å². The molecule has 0 saturated carbocycles. The van der Waals surface area contributed by atoms with Gasteiger partial charge < -0.3 is 14.0 Å². The number of para-hydroxylation sites is 1. The zero-order valence-corrected chi connectivity index (χ0v) is 13.9. The number of alkyl halides is 1. The van der Waals surface area contributed by atoms with Gasteiger partial charge in [0, 0.05) is 13.7 Å². The summed E-state index contributed by atoms with van der Waals surface area (Å²) in [6.45, 7) is 7.72. The van der Waals surface area contributed by atoms with Crippen LogP contribution in [0.2, 0.25) is 0 Å². The summed E-state index contributed by atoms with van der Waals surface area (Å²) in [6.07, 6.45) is 0.118. The average Bonchev–Trinajstić information content (AvgIpc) is 2.78. The first-order valence-corrected chi connectivity index (χ1v) is 7.80. The van der Waals surface area contributed by atoms with E-state index < -0.39 is 0 Å². The van der Waals surface area contributed by atoms with Crippen molar-refractivity contribution in [3.8, 4) is 5.75 Å². The molecule has 1 atom stereocenters. The Labute approximate surface area is 131 Å². The monoisotopic (exact) mass is 310 g/mol. The second-order valence-corrected chi connectivity index (χ2v) is 5.89. The number of nitrogens with zero attached hydrogens (tertiary/aromatic N) is 2. The van der Waals surface area contributed by atoms with Crippen molar-refractivity contribution in [1.82, 2.24) is 9.55 Å². The van der Waals surface area contributed by atoms with Gasteiger partial charge in [0.25, 0.3) is 0 Å². The summed E-state index contributed by atoms with van der Waals surface area (Å²) in [6, 6.07) is 6.01. The van der Waals surface area contributed by atoms with E-state index in [2.05, 4.69) is 22.5 Å². The fourth-order valence-corrected chi connectivity index (χ4v) is 2.68. The first-order valence-electron chi connectivity index (χ1n) is 7.26. The Morgan fingerprint density at radius 1 is 1.29 bits per heavy atom. The van der Waals surface area contributed by atoms with E-state index in [9.17, 15) is 0 Å². The predicted molar refractivity (Wildman–Crippen MR) is 86.1 cm³/mol. The number of rotatable bonds is 7. The van der Waals surface area contributed by atoms with Crippen LogP contribution in [0.4, 0.5) is 0 Å². The normalized spacial score (nSPS) is 13.0. The molecule has 1 unspecified atom stereocenters. The lowest BCUT2D eigenvalue weighted by atomic mass is 10.2. The van der Waals surface area contributed by atoms with Gasteiger partial charge in [0.05, 0.1) is 24.1 Å². The number of ether oxygens (including phenoxy) is 2. The molecule has 116 valence electrons. The highest BCUT2D eigenvalue weighted by Crippen LogP contribution is 2.28. The fraction of sp³-hybridized carbons (Fsp3) is 0.562. The van der Waals surface area contributed by atoms with Gasteiger partial charge in [0.15, 0.2) is 0 Å². The third-order valence-electron chi connectivity index (χ3n) is 3.25. The summed E-state index contributed by atoms with van der Waals surface area (Å²) < 4.78 is 13.2. The number of hydrogen-bond donors (Lipinski definition) is 0. The summed E-state index contributed by atoms with van der Waals surface area (Å²) in [5.41, 5.74) is 1.94. The van der Waals surface area contributed by atoms with E-state index in [0.717, 1.165) is 29.2 Å². The molecular weight excluding hydrogens is 288 g/mol. The summed E-state index contributed by atoms with van der Waals surface area (Å²) in [5, 5.41) is 0. The molecule has 0 aliphatic carbocycles. The lowest BCUT2D eigenvalue weighted by Gasteiger charge is -2.14. The second-order valence-electron chi connectivity index (χ2n) is 5.62. The Morgan fingerprint density at radius 3 is 2.67 bits per heavy atom. The summed E-state index contributed by atoms with van der Waals surface area (Å²) in [7, 11) is 1.72. The maximum absolute atomic E-state index is 6.07. The van der Waals surface area contributed by atoms with Gasteiger partial charge in [-0.3, -0.25) is 0 Å². The minimum absolute atomic E-state index is 0.118. The molecule has 0 bridgehead atoms. The number of benzene rings is 1. The van der Waals surface area contributed by atoms with Gasteiger partial charge >= 0.3 is 0 Å². The quantitative estimate of drug-likeness (QED) is 0.729. The molecule has 21 heavy (non-hydrogen) atoms. The van der Waals surface area contributed by atoms with E-state index in [1.165, 1.54) is 0 Å². The molecule has 1 heterocycles. The number of fused-ring (bicyclic) bond motifs is 1. The second kappa shape index (κ2) is 7.14. The standard InChI is InChI=1S/C16H23ClN2O2/c1-11(2)21-14-7-5-6-13-16(14)18-15(8-17)19(13)9-12(3)10-20-4/h5-7,11-12H,8-10H2,1-4H3. The highest BCUT2D eigenvalue weighted by molar-refractivity contribution is 6.16. The van der Waals surface area contributed by atoms with Crippen LogP contribution in [0.25, 0.3) is 11.0 Å². The van der Waals surface area contributed by atoms with Crippen molar-refractivity contribution in [2.75, 3.05) is 13.7 Å². The van der Waals surface area contributed by atoms with Gasteiger partial charge in [0.2, 0.25) is 0 Å². The molecule has 0 aliphatic heterocycles. The van der Waals surface area contributed by atoms with Gasteiger partial charge in [0.1, 0.15) is 17.1 Å². The molecule has 0 spiro atoms. The molecule has 0 fully saturated rings. The average molecular weight is 311 g/mol. The number of hydrogen-bond acceptors (Lipinski definition) is 3. The van der Waals surface area contributed by atoms with Crippen molar-refractivity contribution in [1.29, 1.82) is 0 Å². The van der Waals surface area contributed by atoms with Crippen molar-refractivity contribution >= 4 is 22.6 Å². The molecule has 0 aliphatic rings. The summed E-state index contributed by atoms with van der Waals surface area (Å²) >= 11 is 6.07. The zero-order valence-electron chi connectivity index (χ0n) is 13.1. The minimum Gasteiger partial charge on any atom is -0.489 e. The Morgan fingerprint density at radius 2 is 2.05 bits per heavy atom. The van der Waals surface area contributed by atoms with Crippen LogP contribution in [-0.4, -0.2) is 29.4 Å². The van der Waals surface area contributed by atoms with Crippen molar-refractivity contribution in [2.24, 2.45) is 5.92 Å². The molecule has 0 amide bonds. The maximum atomic E-state index is 6.07. The predicted octanol–water partition coefficient (Wildman–Crippen LogP) is 3.84. The highest BCUT2D eigenvalue weighted by atomic mass is 35.5. The molecule has 4 nitrogen and oxygen atoms in total. The van der Waals surface area contributed by atoms with E-state index in [1.807, 2.05) is 26.0 Å². The van der Waals surface area contributed by atoms with Crippen molar-refractivity contribution < 1.29 is 9.47 Å². The van der Waals surface area contributed by atoms with Crippen LogP contribution in [0.1, 0.15) is 26.6 Å². The molecule has 5 heteroatoms. The van der Waals surface area contributed by atoms with Gasteiger partial charge in [-0.1, -0.05) is 13.0 Å². The van der Waals surface area contributed by atoms with E-state index in [4.69, 9.17) is 21.1 Å². The maximum Gasteiger partial charge on any atom is 0.147 e. The fourth-order valence-electron chi connectivity index (χ4n) is 2.47. The highest BCUT2D eigenvalue weighted by Gasteiger charge is 2.16. The van der Waals surface area contributed by atoms with Crippen LogP contribution in [-0.2, 0) is 17.2 Å². The van der Waals surface area contributed by atoms with Crippen LogP contribution in [0.3, 0.4) is 0 Å². The Hall–Kier alpha value is -1.26. The lowest BCUT2D eigenvalue weighted by molar-refractivity contribution is 0.151. The minimum atomic E-state index is 0.118. The third-order valence-corrected chi connectivity index (χ3v) is 3.49. The zero-order chi connectivity index (χ0) is 15.4. The molecule has 1 aromatic heterocycles. The molecular formula is C16H23ClN2O2. The summed E-state index contributed by atoms with van der Waals surface area (Å²) in [5.74, 6) is 2.46. The first kappa shape index (κ1) is 16.1. The molecule has 0 saturated heterocycles. The number of imidazole rings is 1. The Balaban J connectivity index is 2.44. The van der Waals surface area contributed by atoms with Crippen molar-refractivity contribution in [2.45, 2.75) is 39.3 Å². The van der Waals surface area contributed by atoms with Gasteiger partial charge in [-0.15, -0.1) is 11.6 Å². The van der Waals surface area contributed by atoms with Crippen LogP contribution in [0.5, 0.6) is 5.75 Å². The van der Waals surface area contributed by atoms with Crippen molar-refractivity contribution in [3.05, 3.63) is 24.0 Å². The molecule has 2 aromatic rings. The molecule has 0 N–H and O–H groups in total. The van der Waals surface area contributed by atoms with Crippen LogP contribution in [0, 0.1) is 5.92 Å². The number of methoxy groups -OCH3 is 1. The number of aromatic nitrogens is 2. The smallest absolute Gasteiger partial charge is 0.147 e. The first-order chi connectivity index (χ1) is 10.1. The van der Waals surface area contributed by atoms with Crippen LogP contribution < -0.4 is 4.74 Å². The lowest BCUT2D eigenvalue weighted by Crippen LogP contribution is -2.14. The molecule has 1 aromatic carbocycles. The Kier molecular flexibility index (Phi) is 5.48. The van der Waals surface area contributed by atoms with Gasteiger partial charge in [-0.2, -0.15) is 0 Å². The van der Waals surface area contributed by atoms with Gasteiger partial charge in [-0.05, 0) is 31.9 Å².